The van der Waals surface area contributed by atoms with Crippen LogP contribution in [0.15, 0.2) is 0 Å². The summed E-state index contributed by atoms with van der Waals surface area (Å²) in [5, 5.41) is 2.58. The zero-order valence-electron chi connectivity index (χ0n) is 8.45. The van der Waals surface area contributed by atoms with E-state index in [1.165, 1.54) is 7.11 Å². The number of rotatable bonds is 3. The van der Waals surface area contributed by atoms with Crippen molar-refractivity contribution in [2.75, 3.05) is 7.11 Å². The van der Waals surface area contributed by atoms with Crippen LogP contribution in [-0.4, -0.2) is 31.1 Å². The van der Waals surface area contributed by atoms with Crippen molar-refractivity contribution >= 4 is 11.9 Å². The van der Waals surface area contributed by atoms with Gasteiger partial charge in [-0.3, -0.25) is 4.79 Å². The predicted octanol–water partition coefficient (Wildman–Crippen LogP) is -0.599. The Labute approximate surface area is 83.0 Å². The number of carbonyl (C=O) groups is 2. The van der Waals surface area contributed by atoms with Crippen molar-refractivity contribution < 1.29 is 14.3 Å². The normalized spacial score (nSPS) is 27.4. The molecular weight excluding hydrogens is 184 g/mol. The zero-order chi connectivity index (χ0) is 10.7. The standard InChI is InChI=1S/C9H16N2O3/c1-5(9(13)14-2)11-8(12)6-3-7(10)4-6/h5-7H,3-4,10H2,1-2H3,(H,11,12)/t5-,6?,7?/m0/s1. The largest absolute Gasteiger partial charge is 0.467 e. The molecule has 14 heavy (non-hydrogen) atoms. The summed E-state index contributed by atoms with van der Waals surface area (Å²) < 4.78 is 4.49. The molecule has 0 saturated heterocycles. The quantitative estimate of drug-likeness (QED) is 0.596. The monoisotopic (exact) mass is 200 g/mol. The van der Waals surface area contributed by atoms with Crippen LogP contribution >= 0.6 is 0 Å². The Kier molecular flexibility index (Phi) is 3.46. The van der Waals surface area contributed by atoms with Gasteiger partial charge in [0, 0.05) is 12.0 Å². The Morgan fingerprint density at radius 1 is 1.50 bits per heavy atom. The average Bonchev–Trinajstić information content (AvgIpc) is 2.11. The molecule has 1 amide bonds. The molecule has 0 aromatic rings. The summed E-state index contributed by atoms with van der Waals surface area (Å²) in [5.41, 5.74) is 5.55. The molecule has 80 valence electrons. The van der Waals surface area contributed by atoms with E-state index in [0.29, 0.717) is 12.8 Å². The topological polar surface area (TPSA) is 81.4 Å². The van der Waals surface area contributed by atoms with E-state index in [2.05, 4.69) is 10.1 Å². The Balaban J connectivity index is 2.30. The molecule has 5 heteroatoms. The highest BCUT2D eigenvalue weighted by molar-refractivity contribution is 5.85. The number of nitrogens with one attached hydrogen (secondary N) is 1. The van der Waals surface area contributed by atoms with Crippen LogP contribution in [0, 0.1) is 5.92 Å². The van der Waals surface area contributed by atoms with Crippen LogP contribution in [0.25, 0.3) is 0 Å². The number of esters is 1. The van der Waals surface area contributed by atoms with Crippen molar-refractivity contribution in [2.24, 2.45) is 11.7 Å². The van der Waals surface area contributed by atoms with Crippen LogP contribution in [0.4, 0.5) is 0 Å². The summed E-state index contributed by atoms with van der Waals surface area (Å²) in [6.45, 7) is 1.60. The molecule has 0 unspecified atom stereocenters. The van der Waals surface area contributed by atoms with Gasteiger partial charge in [0.1, 0.15) is 6.04 Å². The SMILES string of the molecule is COC(=O)[C@H](C)NC(=O)C1CC(N)C1. The molecule has 0 bridgehead atoms. The van der Waals surface area contributed by atoms with Crippen LogP contribution in [0.2, 0.25) is 0 Å². The summed E-state index contributed by atoms with van der Waals surface area (Å²) in [4.78, 5) is 22.4. The van der Waals surface area contributed by atoms with E-state index >= 15 is 0 Å². The van der Waals surface area contributed by atoms with E-state index in [0.717, 1.165) is 0 Å². The average molecular weight is 200 g/mol. The number of amides is 1. The van der Waals surface area contributed by atoms with Crippen LogP contribution in [0.1, 0.15) is 19.8 Å². The van der Waals surface area contributed by atoms with Crippen molar-refractivity contribution in [3.05, 3.63) is 0 Å². The predicted molar refractivity (Wildman–Crippen MR) is 50.3 cm³/mol. The van der Waals surface area contributed by atoms with Crippen LogP contribution in [0.3, 0.4) is 0 Å². The van der Waals surface area contributed by atoms with E-state index in [1.54, 1.807) is 6.92 Å². The first-order valence-electron chi connectivity index (χ1n) is 4.68. The second kappa shape index (κ2) is 4.41. The van der Waals surface area contributed by atoms with Gasteiger partial charge in [0.15, 0.2) is 0 Å². The Morgan fingerprint density at radius 2 is 2.07 bits per heavy atom. The van der Waals surface area contributed by atoms with Gasteiger partial charge in [0.2, 0.25) is 5.91 Å². The fourth-order valence-corrected chi connectivity index (χ4v) is 1.44. The van der Waals surface area contributed by atoms with Gasteiger partial charge < -0.3 is 15.8 Å². The van der Waals surface area contributed by atoms with Gasteiger partial charge in [-0.25, -0.2) is 4.79 Å². The van der Waals surface area contributed by atoms with E-state index < -0.39 is 12.0 Å². The lowest BCUT2D eigenvalue weighted by atomic mass is 9.80. The second-order valence-electron chi connectivity index (χ2n) is 3.68. The van der Waals surface area contributed by atoms with Gasteiger partial charge in [-0.15, -0.1) is 0 Å². The molecule has 0 aliphatic heterocycles. The van der Waals surface area contributed by atoms with E-state index in [-0.39, 0.29) is 17.9 Å². The molecule has 1 aliphatic carbocycles. The number of hydrogen-bond donors (Lipinski definition) is 2. The maximum absolute atomic E-state index is 11.4. The molecular formula is C9H16N2O3. The summed E-state index contributed by atoms with van der Waals surface area (Å²) in [6.07, 6.45) is 1.42. The van der Waals surface area contributed by atoms with Gasteiger partial charge in [0.25, 0.3) is 0 Å². The van der Waals surface area contributed by atoms with Crippen molar-refractivity contribution in [1.29, 1.82) is 0 Å². The molecule has 0 spiro atoms. The van der Waals surface area contributed by atoms with Gasteiger partial charge in [-0.05, 0) is 19.8 Å². The molecule has 0 radical (unpaired) electrons. The van der Waals surface area contributed by atoms with E-state index in [4.69, 9.17) is 5.73 Å². The summed E-state index contributed by atoms with van der Waals surface area (Å²) in [7, 11) is 1.30. The zero-order valence-corrected chi connectivity index (χ0v) is 8.45. The van der Waals surface area contributed by atoms with Gasteiger partial charge in [-0.2, -0.15) is 0 Å². The molecule has 0 aromatic heterocycles. The summed E-state index contributed by atoms with van der Waals surface area (Å²) in [6, 6.07) is -0.441. The third-order valence-electron chi connectivity index (χ3n) is 2.46. The number of hydrogen-bond acceptors (Lipinski definition) is 4. The van der Waals surface area contributed by atoms with Crippen molar-refractivity contribution in [1.82, 2.24) is 5.32 Å². The maximum atomic E-state index is 11.4. The van der Waals surface area contributed by atoms with Crippen LogP contribution in [0.5, 0.6) is 0 Å². The first-order chi connectivity index (χ1) is 6.54. The number of methoxy groups -OCH3 is 1. The maximum Gasteiger partial charge on any atom is 0.328 e. The highest BCUT2D eigenvalue weighted by Gasteiger charge is 2.33. The number of carbonyl (C=O) groups excluding carboxylic acids is 2. The fraction of sp³-hybridized carbons (Fsp3) is 0.778. The molecule has 5 nitrogen and oxygen atoms in total. The third kappa shape index (κ3) is 2.45. The first kappa shape index (κ1) is 11.0. The first-order valence-corrected chi connectivity index (χ1v) is 4.68. The van der Waals surface area contributed by atoms with Crippen LogP contribution < -0.4 is 11.1 Å². The van der Waals surface area contributed by atoms with E-state index in [1.807, 2.05) is 0 Å². The molecule has 1 rings (SSSR count). The highest BCUT2D eigenvalue weighted by Crippen LogP contribution is 2.25. The Bertz CT molecular complexity index is 236. The smallest absolute Gasteiger partial charge is 0.328 e. The Hall–Kier alpha value is -1.10. The van der Waals surface area contributed by atoms with Crippen LogP contribution in [-0.2, 0) is 14.3 Å². The van der Waals surface area contributed by atoms with E-state index in [9.17, 15) is 9.59 Å². The summed E-state index contributed by atoms with van der Waals surface area (Å²) in [5.74, 6) is -0.566. The molecule has 1 aliphatic rings. The number of nitrogens with two attached hydrogens (primary N) is 1. The minimum Gasteiger partial charge on any atom is -0.467 e. The lowest BCUT2D eigenvalue weighted by molar-refractivity contribution is -0.145. The molecule has 1 fully saturated rings. The van der Waals surface area contributed by atoms with Crippen molar-refractivity contribution in [3.8, 4) is 0 Å². The fourth-order valence-electron chi connectivity index (χ4n) is 1.44. The second-order valence-corrected chi connectivity index (χ2v) is 3.68. The third-order valence-corrected chi connectivity index (χ3v) is 2.46. The lowest BCUT2D eigenvalue weighted by Gasteiger charge is -2.31. The van der Waals surface area contributed by atoms with Crippen molar-refractivity contribution in [3.63, 3.8) is 0 Å². The van der Waals surface area contributed by atoms with Gasteiger partial charge >= 0.3 is 5.97 Å². The molecule has 0 aromatic carbocycles. The van der Waals surface area contributed by atoms with Gasteiger partial charge in [0.05, 0.1) is 7.11 Å². The Morgan fingerprint density at radius 3 is 2.50 bits per heavy atom. The minimum atomic E-state index is -0.579. The molecule has 1 saturated carbocycles. The number of ether oxygens (including phenoxy) is 1. The molecule has 1 atom stereocenters. The molecule has 0 heterocycles. The lowest BCUT2D eigenvalue weighted by Crippen LogP contribution is -2.49. The van der Waals surface area contributed by atoms with Crippen molar-refractivity contribution in [2.45, 2.75) is 31.8 Å². The van der Waals surface area contributed by atoms with Gasteiger partial charge in [-0.1, -0.05) is 0 Å². The molecule has 3 N–H and O–H groups in total. The summed E-state index contributed by atoms with van der Waals surface area (Å²) >= 11 is 0. The minimum absolute atomic E-state index is 0.0305. The highest BCUT2D eigenvalue weighted by atomic mass is 16.5.